The molecule has 2 atom stereocenters. The molecule has 3 N–H and O–H groups in total. The second-order valence-electron chi connectivity index (χ2n) is 4.60. The highest BCUT2D eigenvalue weighted by Gasteiger charge is 2.66. The van der Waals surface area contributed by atoms with E-state index < -0.39 is 41.5 Å². The Hall–Kier alpha value is -1.31. The smallest absolute Gasteiger partial charge is 0.471 e. The topological polar surface area (TPSA) is 86.6 Å². The van der Waals surface area contributed by atoms with Crippen molar-refractivity contribution in [1.82, 2.24) is 5.32 Å². The fraction of sp³-hybridized carbons (Fsp3) is 0.778. The first kappa shape index (κ1) is 13.8. The van der Waals surface area contributed by atoms with E-state index >= 15 is 0 Å². The van der Waals surface area contributed by atoms with Crippen LogP contribution in [0.1, 0.15) is 20.3 Å². The Bertz CT molecular complexity index is 366. The Morgan fingerprint density at radius 3 is 2.06 bits per heavy atom. The molecule has 5 nitrogen and oxygen atoms in total. The van der Waals surface area contributed by atoms with Crippen molar-refractivity contribution >= 4 is 11.9 Å². The van der Waals surface area contributed by atoms with Crippen LogP contribution in [-0.4, -0.2) is 39.9 Å². The highest BCUT2D eigenvalue weighted by molar-refractivity contribution is 5.91. The molecule has 0 aliphatic heterocycles. The predicted molar refractivity (Wildman–Crippen MR) is 49.0 cm³/mol. The van der Waals surface area contributed by atoms with Gasteiger partial charge in [0.2, 0.25) is 0 Å². The lowest BCUT2D eigenvalue weighted by atomic mass is 9.54. The lowest BCUT2D eigenvalue weighted by Crippen LogP contribution is -2.76. The Kier molecular flexibility index (Phi) is 2.91. The van der Waals surface area contributed by atoms with Gasteiger partial charge in [-0.15, -0.1) is 0 Å². The van der Waals surface area contributed by atoms with Crippen molar-refractivity contribution in [3.63, 3.8) is 0 Å². The number of alkyl halides is 3. The van der Waals surface area contributed by atoms with Crippen LogP contribution < -0.4 is 5.32 Å². The van der Waals surface area contributed by atoms with E-state index in [-0.39, 0.29) is 0 Å². The van der Waals surface area contributed by atoms with Crippen LogP contribution in [0.2, 0.25) is 0 Å². The van der Waals surface area contributed by atoms with Gasteiger partial charge in [-0.05, 0) is 0 Å². The fourth-order valence-electron chi connectivity index (χ4n) is 1.85. The molecule has 8 heteroatoms. The molecule has 98 valence electrons. The third-order valence-corrected chi connectivity index (χ3v) is 3.38. The molecule has 1 fully saturated rings. The molecule has 0 spiro atoms. The third kappa shape index (κ3) is 1.86. The second kappa shape index (κ2) is 3.59. The minimum Gasteiger partial charge on any atom is -0.479 e. The molecule has 0 bridgehead atoms. The van der Waals surface area contributed by atoms with Crippen LogP contribution in [-0.2, 0) is 9.59 Å². The van der Waals surface area contributed by atoms with Gasteiger partial charge in [-0.25, -0.2) is 4.79 Å². The lowest BCUT2D eigenvalue weighted by Gasteiger charge is -2.56. The normalized spacial score (nSPS) is 31.5. The lowest BCUT2D eigenvalue weighted by molar-refractivity contribution is -0.198. The number of amides is 1. The third-order valence-electron chi connectivity index (χ3n) is 3.38. The molecule has 1 aliphatic carbocycles. The fourth-order valence-corrected chi connectivity index (χ4v) is 1.85. The molecule has 1 saturated carbocycles. The van der Waals surface area contributed by atoms with Gasteiger partial charge in [0.1, 0.15) is 5.54 Å². The Morgan fingerprint density at radius 2 is 1.82 bits per heavy atom. The zero-order chi connectivity index (χ0) is 13.6. The quantitative estimate of drug-likeness (QED) is 0.661. The predicted octanol–water partition coefficient (Wildman–Crippen LogP) is 0.279. The van der Waals surface area contributed by atoms with Crippen molar-refractivity contribution in [1.29, 1.82) is 0 Å². The number of aliphatic carboxylic acids is 1. The first-order valence-electron chi connectivity index (χ1n) is 4.76. The van der Waals surface area contributed by atoms with E-state index in [1.165, 1.54) is 19.2 Å². The van der Waals surface area contributed by atoms with Crippen molar-refractivity contribution < 1.29 is 33.0 Å². The summed E-state index contributed by atoms with van der Waals surface area (Å²) in [7, 11) is 0. The van der Waals surface area contributed by atoms with Crippen molar-refractivity contribution in [2.75, 3.05) is 0 Å². The minimum absolute atomic E-state index is 0.447. The van der Waals surface area contributed by atoms with E-state index in [0.717, 1.165) is 0 Å². The largest absolute Gasteiger partial charge is 0.479 e. The molecule has 0 aromatic carbocycles. The van der Waals surface area contributed by atoms with Crippen molar-refractivity contribution in [2.24, 2.45) is 5.41 Å². The van der Waals surface area contributed by atoms with Crippen molar-refractivity contribution in [3.05, 3.63) is 0 Å². The van der Waals surface area contributed by atoms with Gasteiger partial charge in [0.15, 0.2) is 0 Å². The van der Waals surface area contributed by atoms with Gasteiger partial charge in [0.05, 0.1) is 6.10 Å². The zero-order valence-corrected chi connectivity index (χ0v) is 9.13. The van der Waals surface area contributed by atoms with Gasteiger partial charge < -0.3 is 15.5 Å². The van der Waals surface area contributed by atoms with Crippen LogP contribution in [0.15, 0.2) is 0 Å². The van der Waals surface area contributed by atoms with Crippen LogP contribution >= 0.6 is 0 Å². The van der Waals surface area contributed by atoms with Gasteiger partial charge in [-0.3, -0.25) is 4.79 Å². The summed E-state index contributed by atoms with van der Waals surface area (Å²) in [5.74, 6) is -3.91. The monoisotopic (exact) mass is 255 g/mol. The molecule has 0 radical (unpaired) electrons. The summed E-state index contributed by atoms with van der Waals surface area (Å²) in [5.41, 5.74) is -3.45. The number of halogens is 3. The Balaban J connectivity index is 2.99. The van der Waals surface area contributed by atoms with Gasteiger partial charge in [0.25, 0.3) is 0 Å². The Labute approximate surface area is 94.6 Å². The summed E-state index contributed by atoms with van der Waals surface area (Å²) < 4.78 is 36.3. The highest BCUT2D eigenvalue weighted by atomic mass is 19.4. The SMILES string of the molecule is CC1(C)[C@@H](O)C[C@]1(NC(=O)C(F)(F)F)C(=O)O. The zero-order valence-electron chi connectivity index (χ0n) is 9.13. The average Bonchev–Trinajstić information content (AvgIpc) is 2.14. The number of carbonyl (C=O) groups is 2. The average molecular weight is 255 g/mol. The van der Waals surface area contributed by atoms with Gasteiger partial charge in [-0.2, -0.15) is 13.2 Å². The van der Waals surface area contributed by atoms with Crippen LogP contribution in [0, 0.1) is 5.41 Å². The van der Waals surface area contributed by atoms with E-state index in [1.807, 2.05) is 0 Å². The molecule has 0 aromatic rings. The summed E-state index contributed by atoms with van der Waals surface area (Å²) in [4.78, 5) is 21.8. The molecule has 0 aromatic heterocycles. The summed E-state index contributed by atoms with van der Waals surface area (Å²) in [6.07, 6.45) is -6.68. The summed E-state index contributed by atoms with van der Waals surface area (Å²) in [6.45, 7) is 2.57. The maximum absolute atomic E-state index is 12.1. The number of rotatable bonds is 2. The Morgan fingerprint density at radius 1 is 1.35 bits per heavy atom. The molecule has 0 unspecified atom stereocenters. The number of aliphatic hydroxyl groups is 1. The summed E-state index contributed by atoms with van der Waals surface area (Å²) in [6, 6.07) is 0. The van der Waals surface area contributed by atoms with E-state index in [9.17, 15) is 27.9 Å². The molecule has 1 amide bonds. The molecule has 1 rings (SSSR count). The standard InChI is InChI=1S/C9H12F3NO4/c1-7(2)4(14)3-8(7,6(16)17)13-5(15)9(10,11)12/h4,14H,3H2,1-2H3,(H,13,15)(H,16,17)/t4-,8-/m0/s1. The van der Waals surface area contributed by atoms with E-state index in [4.69, 9.17) is 5.11 Å². The molecular formula is C9H12F3NO4. The number of carboxylic acids is 1. The van der Waals surface area contributed by atoms with Crippen molar-refractivity contribution in [3.8, 4) is 0 Å². The number of hydrogen-bond donors (Lipinski definition) is 3. The molecular weight excluding hydrogens is 243 g/mol. The van der Waals surface area contributed by atoms with E-state index in [0.29, 0.717) is 0 Å². The maximum Gasteiger partial charge on any atom is 0.471 e. The first-order valence-corrected chi connectivity index (χ1v) is 4.76. The van der Waals surface area contributed by atoms with E-state index in [2.05, 4.69) is 0 Å². The van der Waals surface area contributed by atoms with Crippen LogP contribution in [0.25, 0.3) is 0 Å². The minimum atomic E-state index is -5.15. The molecule has 17 heavy (non-hydrogen) atoms. The van der Waals surface area contributed by atoms with Crippen LogP contribution in [0.3, 0.4) is 0 Å². The van der Waals surface area contributed by atoms with Gasteiger partial charge >= 0.3 is 18.1 Å². The number of hydrogen-bond acceptors (Lipinski definition) is 3. The van der Waals surface area contributed by atoms with E-state index in [1.54, 1.807) is 0 Å². The summed E-state index contributed by atoms with van der Waals surface area (Å²) >= 11 is 0. The number of carboxylic acid groups (broad SMARTS) is 1. The molecule has 0 saturated heterocycles. The van der Waals surface area contributed by atoms with Crippen molar-refractivity contribution in [2.45, 2.75) is 38.1 Å². The highest BCUT2D eigenvalue weighted by Crippen LogP contribution is 2.50. The second-order valence-corrected chi connectivity index (χ2v) is 4.60. The maximum atomic E-state index is 12.1. The van der Waals surface area contributed by atoms with Gasteiger partial charge in [0, 0.05) is 11.8 Å². The number of aliphatic hydroxyl groups excluding tert-OH is 1. The molecule has 1 aliphatic rings. The summed E-state index contributed by atoms with van der Waals surface area (Å²) in [5, 5.41) is 19.8. The number of carbonyl (C=O) groups excluding carboxylic acids is 1. The van der Waals surface area contributed by atoms with Crippen LogP contribution in [0.5, 0.6) is 0 Å². The van der Waals surface area contributed by atoms with Gasteiger partial charge in [-0.1, -0.05) is 13.8 Å². The number of nitrogens with one attached hydrogen (secondary N) is 1. The first-order chi connectivity index (χ1) is 7.45. The molecule has 0 heterocycles. The van der Waals surface area contributed by atoms with Crippen LogP contribution in [0.4, 0.5) is 13.2 Å².